The van der Waals surface area contributed by atoms with Crippen LogP contribution in [-0.4, -0.2) is 32.2 Å². The Bertz CT molecular complexity index is 3950. The van der Waals surface area contributed by atoms with E-state index in [4.69, 9.17) is 15.0 Å². The van der Waals surface area contributed by atoms with Gasteiger partial charge in [-0.25, -0.2) is 0 Å². The summed E-state index contributed by atoms with van der Waals surface area (Å²) >= 11 is 0. The molecule has 406 valence electrons. The van der Waals surface area contributed by atoms with E-state index in [9.17, 15) is 0 Å². The van der Waals surface area contributed by atoms with Crippen molar-refractivity contribution in [1.29, 1.82) is 0 Å². The van der Waals surface area contributed by atoms with Gasteiger partial charge in [-0.05, 0) is 149 Å². The zero-order chi connectivity index (χ0) is 56.2. The molecule has 0 saturated carbocycles. The predicted molar refractivity (Wildman–Crippen MR) is 343 cm³/mol. The van der Waals surface area contributed by atoms with Crippen molar-refractivity contribution in [2.45, 2.75) is 154 Å². The molecule has 5 nitrogen and oxygen atoms in total. The van der Waals surface area contributed by atoms with Crippen LogP contribution in [0, 0.1) is 0 Å². The van der Waals surface area contributed by atoms with Gasteiger partial charge in [0.25, 0.3) is 0 Å². The molecule has 0 radical (unpaired) electrons. The summed E-state index contributed by atoms with van der Waals surface area (Å²) in [7, 11) is -3.33. The Morgan fingerprint density at radius 3 is 0.926 bits per heavy atom. The Hall–Kier alpha value is -7.41. The fourth-order valence-electron chi connectivity index (χ4n) is 15.3. The summed E-state index contributed by atoms with van der Waals surface area (Å²) in [6.45, 7) is 29.7. The molecule has 3 heterocycles. The quantitative estimate of drug-likeness (QED) is 0.118. The first-order valence-corrected chi connectivity index (χ1v) is 31.9. The van der Waals surface area contributed by atoms with Crippen molar-refractivity contribution in [3.63, 3.8) is 0 Å². The lowest BCUT2D eigenvalue weighted by molar-refractivity contribution is 0.332. The van der Waals surface area contributed by atoms with E-state index in [1.807, 2.05) is 0 Å². The standard InChI is InChI=1S/C75H77N5Si/c1-70(2)38-41-73(7,8)60-45-50(32-35-57(60)70)81(51-33-36-58-61(46-51)74(9,10)42-39-71(58,3)4,52-34-37-59-62(47-52)75(11,12)43-40-72(59,5)6)49-23-21-22-48(44-49)67-76-68(79-63-28-17-13-24-53(63)54-25-14-18-29-64(54)79)78-69(77-67)80-65-30-19-15-26-55(65)56-27-16-20-31-66(56)80/h13-37,44-47H,38-43H2,1-12H3. The second-order valence-corrected chi connectivity index (χ2v) is 32.2. The number of hydrogen-bond acceptors (Lipinski definition) is 3. The number of para-hydroxylation sites is 4. The molecule has 14 rings (SSSR count). The molecule has 0 bridgehead atoms. The van der Waals surface area contributed by atoms with Crippen LogP contribution in [0.2, 0.25) is 0 Å². The molecule has 6 heteroatoms. The lowest BCUT2D eigenvalue weighted by atomic mass is 9.63. The van der Waals surface area contributed by atoms with Gasteiger partial charge in [0.1, 0.15) is 0 Å². The predicted octanol–water partition coefficient (Wildman–Crippen LogP) is 16.2. The first-order valence-electron chi connectivity index (χ1n) is 29.9. The van der Waals surface area contributed by atoms with Crippen LogP contribution < -0.4 is 20.7 Å². The molecule has 0 N–H and O–H groups in total. The zero-order valence-corrected chi connectivity index (χ0v) is 50.7. The minimum atomic E-state index is -3.33. The normalized spacial score (nSPS) is 18.4. The molecule has 11 aromatic rings. The van der Waals surface area contributed by atoms with Crippen molar-refractivity contribution in [2.75, 3.05) is 0 Å². The second kappa shape index (κ2) is 17.8. The lowest BCUT2D eigenvalue weighted by Crippen LogP contribution is -2.75. The highest BCUT2D eigenvalue weighted by Gasteiger charge is 2.48. The van der Waals surface area contributed by atoms with Crippen LogP contribution >= 0.6 is 0 Å². The number of benzene rings is 8. The van der Waals surface area contributed by atoms with Crippen molar-refractivity contribution in [3.05, 3.63) is 209 Å². The minimum Gasteiger partial charge on any atom is -0.278 e. The molecule has 0 fully saturated rings. The highest BCUT2D eigenvalue weighted by Crippen LogP contribution is 2.49. The molecule has 0 saturated heterocycles. The summed E-state index contributed by atoms with van der Waals surface area (Å²) in [6, 6.07) is 67.7. The van der Waals surface area contributed by atoms with Crippen LogP contribution in [0.15, 0.2) is 176 Å². The van der Waals surface area contributed by atoms with Crippen LogP contribution in [0.25, 0.3) is 66.9 Å². The summed E-state index contributed by atoms with van der Waals surface area (Å²) in [5.74, 6) is 1.81. The number of rotatable bonds is 7. The minimum absolute atomic E-state index is 0.00385. The second-order valence-electron chi connectivity index (χ2n) is 28.4. The molecule has 0 amide bonds. The summed E-state index contributed by atoms with van der Waals surface area (Å²) in [6.07, 6.45) is 6.94. The van der Waals surface area contributed by atoms with Crippen molar-refractivity contribution in [2.24, 2.45) is 0 Å². The van der Waals surface area contributed by atoms with Gasteiger partial charge >= 0.3 is 0 Å². The Labute approximate surface area is 480 Å². The third-order valence-corrected chi connectivity index (χ3v) is 25.3. The average molecular weight is 1080 g/mol. The van der Waals surface area contributed by atoms with Gasteiger partial charge in [0.2, 0.25) is 11.9 Å². The van der Waals surface area contributed by atoms with Crippen LogP contribution in [-0.2, 0) is 32.5 Å². The van der Waals surface area contributed by atoms with E-state index < -0.39 is 8.07 Å². The lowest BCUT2D eigenvalue weighted by Gasteiger charge is -2.46. The van der Waals surface area contributed by atoms with E-state index in [0.29, 0.717) is 17.7 Å². The molecular weight excluding hydrogens is 999 g/mol. The third-order valence-electron chi connectivity index (χ3n) is 20.6. The van der Waals surface area contributed by atoms with Gasteiger partial charge in [0, 0.05) is 27.1 Å². The average Bonchev–Trinajstić information content (AvgIpc) is 3.29. The summed E-state index contributed by atoms with van der Waals surface area (Å²) in [5.41, 5.74) is 14.3. The van der Waals surface area contributed by atoms with Crippen LogP contribution in [0.1, 0.15) is 155 Å². The van der Waals surface area contributed by atoms with E-state index in [2.05, 4.69) is 268 Å². The number of aromatic nitrogens is 5. The molecular formula is C75H77N5Si. The van der Waals surface area contributed by atoms with Gasteiger partial charge in [0.15, 0.2) is 13.9 Å². The van der Waals surface area contributed by atoms with Crippen LogP contribution in [0.3, 0.4) is 0 Å². The number of hydrogen-bond donors (Lipinski definition) is 0. The molecule has 3 aromatic heterocycles. The van der Waals surface area contributed by atoms with Gasteiger partial charge in [-0.3, -0.25) is 9.13 Å². The molecule has 0 spiro atoms. The van der Waals surface area contributed by atoms with E-state index >= 15 is 0 Å². The van der Waals surface area contributed by atoms with Gasteiger partial charge < -0.3 is 0 Å². The highest BCUT2D eigenvalue weighted by atomic mass is 28.3. The molecule has 0 unspecified atom stereocenters. The number of nitrogens with zero attached hydrogens (tertiary/aromatic N) is 5. The van der Waals surface area contributed by atoms with E-state index in [1.165, 1.54) is 73.4 Å². The topological polar surface area (TPSA) is 48.5 Å². The van der Waals surface area contributed by atoms with Gasteiger partial charge in [-0.1, -0.05) is 235 Å². The maximum absolute atomic E-state index is 5.68. The van der Waals surface area contributed by atoms with Gasteiger partial charge in [-0.15, -0.1) is 0 Å². The Morgan fingerprint density at radius 1 is 0.296 bits per heavy atom. The maximum atomic E-state index is 5.68. The Balaban J connectivity index is 1.11. The summed E-state index contributed by atoms with van der Waals surface area (Å²) < 4.78 is 4.50. The molecule has 8 aromatic carbocycles. The van der Waals surface area contributed by atoms with Crippen molar-refractivity contribution < 1.29 is 0 Å². The van der Waals surface area contributed by atoms with Crippen LogP contribution in [0.4, 0.5) is 0 Å². The fraction of sp³-hybridized carbons (Fsp3) is 0.320. The first kappa shape index (κ1) is 51.7. The summed E-state index contributed by atoms with van der Waals surface area (Å²) in [5, 5.41) is 10.3. The molecule has 0 atom stereocenters. The molecule has 0 aliphatic heterocycles. The van der Waals surface area contributed by atoms with Crippen LogP contribution in [0.5, 0.6) is 0 Å². The van der Waals surface area contributed by atoms with Crippen molar-refractivity contribution in [1.82, 2.24) is 24.1 Å². The summed E-state index contributed by atoms with van der Waals surface area (Å²) in [4.78, 5) is 16.9. The van der Waals surface area contributed by atoms with Gasteiger partial charge in [0.05, 0.1) is 22.1 Å². The SMILES string of the molecule is CC1(C)CCC(C)(C)c2cc([Si](c3cccc(-c4nc(-n5c6ccccc6c6ccccc65)nc(-n5c6ccccc6c6ccccc65)n4)c3)(c3ccc4c(c3)C(C)(C)CCC4(C)C)c3ccc4c(c3)C(C)(C)CCC4(C)C)ccc21. The maximum Gasteiger partial charge on any atom is 0.240 e. The zero-order valence-electron chi connectivity index (χ0n) is 49.7. The monoisotopic (exact) mass is 1080 g/mol. The third kappa shape index (κ3) is 7.85. The fourth-order valence-corrected chi connectivity index (χ4v) is 20.1. The van der Waals surface area contributed by atoms with E-state index in [0.717, 1.165) is 68.4 Å². The first-order chi connectivity index (χ1) is 38.6. The van der Waals surface area contributed by atoms with Crippen molar-refractivity contribution >= 4 is 72.4 Å². The molecule has 81 heavy (non-hydrogen) atoms. The number of fused-ring (bicyclic) bond motifs is 9. The largest absolute Gasteiger partial charge is 0.278 e. The highest BCUT2D eigenvalue weighted by molar-refractivity contribution is 7.20. The van der Waals surface area contributed by atoms with Crippen molar-refractivity contribution in [3.8, 4) is 23.3 Å². The molecule has 3 aliphatic carbocycles. The Kier molecular flexibility index (Phi) is 11.4. The Morgan fingerprint density at radius 2 is 0.593 bits per heavy atom. The van der Waals surface area contributed by atoms with E-state index in [1.54, 1.807) is 0 Å². The van der Waals surface area contributed by atoms with E-state index in [-0.39, 0.29) is 32.5 Å². The molecule has 3 aliphatic rings. The smallest absolute Gasteiger partial charge is 0.240 e. The van der Waals surface area contributed by atoms with Gasteiger partial charge in [-0.2, -0.15) is 15.0 Å².